The van der Waals surface area contributed by atoms with Crippen LogP contribution >= 0.6 is 0 Å². The van der Waals surface area contributed by atoms with Gasteiger partial charge in [0, 0.05) is 0 Å². The molecule has 3 heteroatoms. The highest BCUT2D eigenvalue weighted by Gasteiger charge is 2.13. The zero-order valence-corrected chi connectivity index (χ0v) is 18.2. The molecule has 0 aliphatic rings. The van der Waals surface area contributed by atoms with Gasteiger partial charge in [-0.25, -0.2) is 8.42 Å². The van der Waals surface area contributed by atoms with Crippen molar-refractivity contribution in [2.75, 3.05) is 5.75 Å². The van der Waals surface area contributed by atoms with Crippen molar-refractivity contribution in [2.24, 2.45) is 0 Å². The van der Waals surface area contributed by atoms with Crippen LogP contribution in [0.25, 0.3) is 0 Å². The second-order valence-electron chi connectivity index (χ2n) is 7.81. The Kier molecular flexibility index (Phi) is 13.2. The zero-order chi connectivity index (χ0) is 19.8. The van der Waals surface area contributed by atoms with Crippen molar-refractivity contribution in [1.82, 2.24) is 0 Å². The second kappa shape index (κ2) is 14.9. The summed E-state index contributed by atoms with van der Waals surface area (Å²) in [7, 11) is -3.10. The fourth-order valence-electron chi connectivity index (χ4n) is 3.39. The molecule has 0 amide bonds. The predicted molar refractivity (Wildman–Crippen MR) is 118 cm³/mol. The number of aryl methyl sites for hydroxylation is 1. The minimum absolute atomic E-state index is 0.281. The summed E-state index contributed by atoms with van der Waals surface area (Å²) in [4.78, 5) is 0.466. The van der Waals surface area contributed by atoms with Gasteiger partial charge in [-0.05, 0) is 38.3 Å². The van der Waals surface area contributed by atoms with E-state index in [1.807, 2.05) is 25.1 Å². The maximum Gasteiger partial charge on any atom is 0.178 e. The SMILES string of the molecule is C=CCCCCCCCCCCCCCCCS(=O)(=O)c1ccc(C)cc1. The van der Waals surface area contributed by atoms with E-state index in [9.17, 15) is 8.42 Å². The average Bonchev–Trinajstić information content (AvgIpc) is 2.65. The van der Waals surface area contributed by atoms with Gasteiger partial charge in [-0.3, -0.25) is 0 Å². The number of sulfone groups is 1. The lowest BCUT2D eigenvalue weighted by Crippen LogP contribution is -2.06. The van der Waals surface area contributed by atoms with Crippen molar-refractivity contribution in [3.8, 4) is 0 Å². The molecule has 1 rings (SSSR count). The molecule has 0 aromatic heterocycles. The molecule has 0 fully saturated rings. The van der Waals surface area contributed by atoms with E-state index in [1.165, 1.54) is 64.2 Å². The van der Waals surface area contributed by atoms with Gasteiger partial charge >= 0.3 is 0 Å². The van der Waals surface area contributed by atoms with Gasteiger partial charge in [0.05, 0.1) is 10.6 Å². The van der Waals surface area contributed by atoms with Crippen LogP contribution in [-0.4, -0.2) is 14.2 Å². The highest BCUT2D eigenvalue weighted by Crippen LogP contribution is 2.16. The molecule has 0 saturated heterocycles. The summed E-state index contributed by atoms with van der Waals surface area (Å²) < 4.78 is 24.5. The summed E-state index contributed by atoms with van der Waals surface area (Å²) in [6.07, 6.45) is 19.5. The Morgan fingerprint density at radius 2 is 1.11 bits per heavy atom. The van der Waals surface area contributed by atoms with E-state index in [4.69, 9.17) is 0 Å². The molecule has 1 aromatic rings. The molecule has 154 valence electrons. The molecule has 27 heavy (non-hydrogen) atoms. The van der Waals surface area contributed by atoms with Crippen LogP contribution in [0.5, 0.6) is 0 Å². The minimum Gasteiger partial charge on any atom is -0.224 e. The molecule has 0 N–H and O–H groups in total. The molecule has 0 spiro atoms. The highest BCUT2D eigenvalue weighted by atomic mass is 32.2. The van der Waals surface area contributed by atoms with Gasteiger partial charge in [0.2, 0.25) is 0 Å². The Labute approximate surface area is 168 Å². The molecule has 1 aromatic carbocycles. The molecule has 0 aliphatic heterocycles. The monoisotopic (exact) mass is 392 g/mol. The van der Waals surface area contributed by atoms with Crippen molar-refractivity contribution in [3.05, 3.63) is 42.5 Å². The van der Waals surface area contributed by atoms with E-state index in [0.717, 1.165) is 31.2 Å². The molecule has 0 saturated carbocycles. The van der Waals surface area contributed by atoms with Gasteiger partial charge in [0.1, 0.15) is 0 Å². The Balaban J connectivity index is 1.91. The summed E-state index contributed by atoms with van der Waals surface area (Å²) in [6, 6.07) is 7.20. The highest BCUT2D eigenvalue weighted by molar-refractivity contribution is 7.91. The normalized spacial score (nSPS) is 11.6. The van der Waals surface area contributed by atoms with Crippen molar-refractivity contribution < 1.29 is 8.42 Å². The smallest absolute Gasteiger partial charge is 0.178 e. The first-order valence-electron chi connectivity index (χ1n) is 11.0. The first-order chi connectivity index (χ1) is 13.1. The van der Waals surface area contributed by atoms with Crippen LogP contribution in [-0.2, 0) is 9.84 Å². The molecule has 0 heterocycles. The molecule has 0 bridgehead atoms. The maximum atomic E-state index is 12.3. The number of benzene rings is 1. The van der Waals surface area contributed by atoms with Gasteiger partial charge in [-0.1, -0.05) is 94.4 Å². The third-order valence-electron chi connectivity index (χ3n) is 5.20. The third-order valence-corrected chi connectivity index (χ3v) is 7.02. The summed E-state index contributed by atoms with van der Waals surface area (Å²) in [6.45, 7) is 5.73. The summed E-state index contributed by atoms with van der Waals surface area (Å²) in [5.41, 5.74) is 1.09. The van der Waals surface area contributed by atoms with Gasteiger partial charge in [0.15, 0.2) is 9.84 Å². The topological polar surface area (TPSA) is 34.1 Å². The Bertz CT molecular complexity index is 587. The first-order valence-corrected chi connectivity index (χ1v) is 12.6. The van der Waals surface area contributed by atoms with Crippen LogP contribution in [0, 0.1) is 6.92 Å². The lowest BCUT2D eigenvalue weighted by Gasteiger charge is -2.05. The van der Waals surface area contributed by atoms with Gasteiger partial charge in [-0.15, -0.1) is 6.58 Å². The lowest BCUT2D eigenvalue weighted by atomic mass is 10.0. The Hall–Kier alpha value is -1.09. The maximum absolute atomic E-state index is 12.3. The van der Waals surface area contributed by atoms with E-state index >= 15 is 0 Å². The van der Waals surface area contributed by atoms with Gasteiger partial charge < -0.3 is 0 Å². The van der Waals surface area contributed by atoms with Crippen LogP contribution in [0.2, 0.25) is 0 Å². The minimum atomic E-state index is -3.10. The van der Waals surface area contributed by atoms with E-state index in [0.29, 0.717) is 4.90 Å². The Morgan fingerprint density at radius 3 is 1.56 bits per heavy atom. The van der Waals surface area contributed by atoms with E-state index in [1.54, 1.807) is 12.1 Å². The molecule has 2 nitrogen and oxygen atoms in total. The zero-order valence-electron chi connectivity index (χ0n) is 17.4. The van der Waals surface area contributed by atoms with Crippen LogP contribution in [0.4, 0.5) is 0 Å². The Morgan fingerprint density at radius 1 is 0.704 bits per heavy atom. The van der Waals surface area contributed by atoms with E-state index < -0.39 is 9.84 Å². The third kappa shape index (κ3) is 12.1. The van der Waals surface area contributed by atoms with E-state index in [-0.39, 0.29) is 5.75 Å². The number of unbranched alkanes of at least 4 members (excludes halogenated alkanes) is 13. The number of hydrogen-bond acceptors (Lipinski definition) is 2. The van der Waals surface area contributed by atoms with Crippen LogP contribution in [0.3, 0.4) is 0 Å². The molecule has 0 atom stereocenters. The lowest BCUT2D eigenvalue weighted by molar-refractivity contribution is 0.539. The molecule has 0 unspecified atom stereocenters. The number of allylic oxidation sites excluding steroid dienone is 1. The van der Waals surface area contributed by atoms with Gasteiger partial charge in [0.25, 0.3) is 0 Å². The van der Waals surface area contributed by atoms with Crippen LogP contribution in [0.1, 0.15) is 95.5 Å². The van der Waals surface area contributed by atoms with E-state index in [2.05, 4.69) is 6.58 Å². The van der Waals surface area contributed by atoms with Crippen LogP contribution < -0.4 is 0 Å². The molecule has 0 radical (unpaired) electrons. The molecular weight excluding hydrogens is 352 g/mol. The number of rotatable bonds is 17. The fraction of sp³-hybridized carbons (Fsp3) is 0.667. The number of hydrogen-bond donors (Lipinski definition) is 0. The van der Waals surface area contributed by atoms with Crippen molar-refractivity contribution in [1.29, 1.82) is 0 Å². The van der Waals surface area contributed by atoms with Gasteiger partial charge in [-0.2, -0.15) is 0 Å². The largest absolute Gasteiger partial charge is 0.224 e. The standard InChI is InChI=1S/C24H40O2S/c1-3-4-5-6-7-8-9-10-11-12-13-14-15-16-17-22-27(25,26)24-20-18-23(2)19-21-24/h3,18-21H,1,4-17,22H2,2H3. The fourth-order valence-corrected chi connectivity index (χ4v) is 4.76. The molecular formula is C24H40O2S. The van der Waals surface area contributed by atoms with Crippen molar-refractivity contribution in [3.63, 3.8) is 0 Å². The quantitative estimate of drug-likeness (QED) is 0.204. The second-order valence-corrected chi connectivity index (χ2v) is 9.91. The first kappa shape index (κ1) is 23.9. The van der Waals surface area contributed by atoms with Crippen LogP contribution in [0.15, 0.2) is 41.8 Å². The van der Waals surface area contributed by atoms with Crippen molar-refractivity contribution >= 4 is 9.84 Å². The summed E-state index contributed by atoms with van der Waals surface area (Å²) >= 11 is 0. The molecule has 0 aliphatic carbocycles. The summed E-state index contributed by atoms with van der Waals surface area (Å²) in [5, 5.41) is 0. The van der Waals surface area contributed by atoms with Crippen molar-refractivity contribution in [2.45, 2.75) is 102 Å². The average molecular weight is 393 g/mol. The predicted octanol–water partition coefficient (Wildman–Crippen LogP) is 7.42. The summed E-state index contributed by atoms with van der Waals surface area (Å²) in [5.74, 6) is 0.281.